The lowest BCUT2D eigenvalue weighted by Crippen LogP contribution is -2.40. The Kier molecular flexibility index (Phi) is 7.96. The van der Waals surface area contributed by atoms with Crippen molar-refractivity contribution in [1.29, 1.82) is 0 Å². The van der Waals surface area contributed by atoms with Crippen molar-refractivity contribution in [3.8, 4) is 5.75 Å². The van der Waals surface area contributed by atoms with Crippen LogP contribution in [0, 0.1) is 0 Å². The molecule has 0 atom stereocenters. The summed E-state index contributed by atoms with van der Waals surface area (Å²) in [5, 5.41) is 3.40. The zero-order valence-corrected chi connectivity index (χ0v) is 21.7. The van der Waals surface area contributed by atoms with Gasteiger partial charge in [-0.15, -0.1) is 4.40 Å². The van der Waals surface area contributed by atoms with Crippen molar-refractivity contribution in [2.24, 2.45) is 4.40 Å². The van der Waals surface area contributed by atoms with Crippen molar-refractivity contribution in [1.82, 2.24) is 4.31 Å². The molecule has 36 heavy (non-hydrogen) atoms. The predicted octanol–water partition coefficient (Wildman–Crippen LogP) is 3.62. The third kappa shape index (κ3) is 5.88. The van der Waals surface area contributed by atoms with Crippen LogP contribution < -0.4 is 10.1 Å². The van der Waals surface area contributed by atoms with Crippen molar-refractivity contribution in [2.45, 2.75) is 9.79 Å². The van der Waals surface area contributed by atoms with E-state index in [2.05, 4.69) is 9.71 Å². The summed E-state index contributed by atoms with van der Waals surface area (Å²) in [7, 11) is -6.45. The lowest BCUT2D eigenvalue weighted by atomic mass is 10.2. The number of anilines is 1. The van der Waals surface area contributed by atoms with E-state index in [-0.39, 0.29) is 34.5 Å². The maximum absolute atomic E-state index is 13.1. The average Bonchev–Trinajstić information content (AvgIpc) is 2.89. The van der Waals surface area contributed by atoms with E-state index in [1.807, 2.05) is 0 Å². The van der Waals surface area contributed by atoms with Crippen LogP contribution in [0.15, 0.2) is 87.0 Å². The summed E-state index contributed by atoms with van der Waals surface area (Å²) < 4.78 is 68.3. The van der Waals surface area contributed by atoms with Crippen LogP contribution in [0.4, 0.5) is 5.69 Å². The number of sulfonamides is 2. The quantitative estimate of drug-likeness (QED) is 0.353. The van der Waals surface area contributed by atoms with E-state index in [1.54, 1.807) is 30.3 Å². The summed E-state index contributed by atoms with van der Waals surface area (Å²) in [5.41, 5.74) is 0.842. The van der Waals surface area contributed by atoms with Gasteiger partial charge in [-0.3, -0.25) is 0 Å². The maximum Gasteiger partial charge on any atom is 0.284 e. The summed E-state index contributed by atoms with van der Waals surface area (Å²) in [6.07, 6.45) is 0. The Morgan fingerprint density at radius 3 is 2.22 bits per heavy atom. The van der Waals surface area contributed by atoms with E-state index in [1.165, 1.54) is 53.9 Å². The van der Waals surface area contributed by atoms with Crippen LogP contribution in [0.1, 0.15) is 5.56 Å². The van der Waals surface area contributed by atoms with Gasteiger partial charge in [-0.1, -0.05) is 41.9 Å². The molecule has 3 aromatic carbocycles. The van der Waals surface area contributed by atoms with E-state index in [0.29, 0.717) is 29.5 Å². The number of ether oxygens (including phenoxy) is 2. The number of halogens is 1. The van der Waals surface area contributed by atoms with Gasteiger partial charge in [0.25, 0.3) is 10.0 Å². The van der Waals surface area contributed by atoms with Crippen LogP contribution >= 0.6 is 11.6 Å². The number of methoxy groups -OCH3 is 1. The van der Waals surface area contributed by atoms with Crippen LogP contribution in [0.3, 0.4) is 0 Å². The van der Waals surface area contributed by atoms with Crippen molar-refractivity contribution in [3.05, 3.63) is 83.4 Å². The van der Waals surface area contributed by atoms with Crippen LogP contribution in [0.5, 0.6) is 5.75 Å². The van der Waals surface area contributed by atoms with E-state index in [9.17, 15) is 16.8 Å². The molecule has 0 saturated carbocycles. The van der Waals surface area contributed by atoms with Crippen LogP contribution in [-0.2, 0) is 24.8 Å². The number of rotatable bonds is 7. The molecule has 0 unspecified atom stereocenters. The van der Waals surface area contributed by atoms with Crippen LogP contribution in [0.25, 0.3) is 0 Å². The van der Waals surface area contributed by atoms with E-state index in [4.69, 9.17) is 21.1 Å². The number of hydrogen-bond acceptors (Lipinski definition) is 6. The fourth-order valence-corrected chi connectivity index (χ4v) is 6.05. The minimum Gasteiger partial charge on any atom is -0.495 e. The largest absolute Gasteiger partial charge is 0.495 e. The Bertz CT molecular complexity index is 1460. The van der Waals surface area contributed by atoms with Gasteiger partial charge in [-0.25, -0.2) is 8.42 Å². The van der Waals surface area contributed by atoms with Crippen LogP contribution in [0.2, 0.25) is 5.02 Å². The first-order valence-electron chi connectivity index (χ1n) is 10.9. The molecule has 0 spiro atoms. The molecule has 1 aliphatic heterocycles. The van der Waals surface area contributed by atoms with E-state index < -0.39 is 20.0 Å². The van der Waals surface area contributed by atoms with Crippen molar-refractivity contribution in [3.63, 3.8) is 0 Å². The number of nitrogens with zero attached hydrogens (tertiary/aromatic N) is 2. The molecule has 1 heterocycles. The zero-order chi connectivity index (χ0) is 25.8. The van der Waals surface area contributed by atoms with E-state index in [0.717, 1.165) is 0 Å². The Hall–Kier alpha value is -2.96. The molecule has 3 aromatic rings. The second-order valence-corrected chi connectivity index (χ2v) is 11.7. The fraction of sp³-hybridized carbons (Fsp3) is 0.208. The van der Waals surface area contributed by atoms with Gasteiger partial charge in [0.05, 0.1) is 35.8 Å². The highest BCUT2D eigenvalue weighted by Crippen LogP contribution is 2.30. The summed E-state index contributed by atoms with van der Waals surface area (Å²) in [6.45, 7) is 1.18. The lowest BCUT2D eigenvalue weighted by Gasteiger charge is -2.26. The second kappa shape index (κ2) is 11.0. The van der Waals surface area contributed by atoms with Gasteiger partial charge < -0.3 is 14.8 Å². The first-order valence-corrected chi connectivity index (χ1v) is 14.2. The predicted molar refractivity (Wildman–Crippen MR) is 138 cm³/mol. The normalized spacial score (nSPS) is 15.4. The highest BCUT2D eigenvalue weighted by atomic mass is 35.5. The highest BCUT2D eigenvalue weighted by Gasteiger charge is 2.27. The molecule has 190 valence electrons. The van der Waals surface area contributed by atoms with Gasteiger partial charge in [-0.2, -0.15) is 12.7 Å². The number of hydrogen-bond donors (Lipinski definition) is 1. The molecule has 1 fully saturated rings. The summed E-state index contributed by atoms with van der Waals surface area (Å²) in [6, 6.07) is 18.7. The third-order valence-corrected chi connectivity index (χ3v) is 8.84. The monoisotopic (exact) mass is 549 g/mol. The number of amidine groups is 1. The average molecular weight is 550 g/mol. The fourth-order valence-electron chi connectivity index (χ4n) is 3.52. The molecule has 0 aromatic heterocycles. The standard InChI is InChI=1S/C24H24ClN3O6S2/c1-33-23-17-21(36(31,32)28-13-15-34-16-14-28)11-12-22(23)26-24(18-5-3-2-4-6-18)27-35(29,30)20-9-7-19(25)8-10-20/h2-12,17H,13-16H2,1H3,(H,26,27). The lowest BCUT2D eigenvalue weighted by molar-refractivity contribution is 0.0730. The molecule has 1 saturated heterocycles. The first kappa shape index (κ1) is 26.1. The topological polar surface area (TPSA) is 114 Å². The second-order valence-electron chi connectivity index (χ2n) is 7.74. The van der Waals surface area contributed by atoms with Crippen molar-refractivity contribution < 1.29 is 26.3 Å². The molecule has 1 N–H and O–H groups in total. The molecule has 0 amide bonds. The number of benzene rings is 3. The number of morpholine rings is 1. The number of nitrogens with one attached hydrogen (secondary N) is 1. The van der Waals surface area contributed by atoms with Gasteiger partial charge in [0, 0.05) is 29.7 Å². The molecule has 0 bridgehead atoms. The Balaban J connectivity index is 1.72. The zero-order valence-electron chi connectivity index (χ0n) is 19.3. The first-order chi connectivity index (χ1) is 17.2. The molecule has 12 heteroatoms. The molecule has 0 radical (unpaired) electrons. The molecule has 1 aliphatic rings. The van der Waals surface area contributed by atoms with Gasteiger partial charge in [0.15, 0.2) is 5.84 Å². The Morgan fingerprint density at radius 2 is 1.58 bits per heavy atom. The summed E-state index contributed by atoms with van der Waals surface area (Å²) in [4.78, 5) is 0.0276. The molecular formula is C24H24ClN3O6S2. The molecule has 4 rings (SSSR count). The minimum absolute atomic E-state index is 0.0268. The highest BCUT2D eigenvalue weighted by molar-refractivity contribution is 7.90. The Morgan fingerprint density at radius 1 is 0.944 bits per heavy atom. The minimum atomic E-state index is -4.10. The Labute approximate surface area is 215 Å². The molecule has 9 nitrogen and oxygen atoms in total. The van der Waals surface area contributed by atoms with Crippen molar-refractivity contribution in [2.75, 3.05) is 38.7 Å². The molecule has 0 aliphatic carbocycles. The summed E-state index contributed by atoms with van der Waals surface area (Å²) >= 11 is 5.89. The molecular weight excluding hydrogens is 526 g/mol. The van der Waals surface area contributed by atoms with Gasteiger partial charge in [0.2, 0.25) is 10.0 Å². The van der Waals surface area contributed by atoms with Crippen molar-refractivity contribution >= 4 is 43.2 Å². The van der Waals surface area contributed by atoms with Gasteiger partial charge in [0.1, 0.15) is 5.75 Å². The van der Waals surface area contributed by atoms with Crippen LogP contribution in [-0.4, -0.2) is 60.4 Å². The maximum atomic E-state index is 13.1. The van der Waals surface area contributed by atoms with Gasteiger partial charge >= 0.3 is 0 Å². The van der Waals surface area contributed by atoms with E-state index >= 15 is 0 Å². The SMILES string of the molecule is COc1cc(S(=O)(=O)N2CCOCC2)ccc1NC(=NS(=O)(=O)c1ccc(Cl)cc1)c1ccccc1. The third-order valence-electron chi connectivity index (χ3n) is 5.40. The summed E-state index contributed by atoms with van der Waals surface area (Å²) in [5.74, 6) is 0.240. The van der Waals surface area contributed by atoms with Gasteiger partial charge in [-0.05, 0) is 36.4 Å². The smallest absolute Gasteiger partial charge is 0.284 e.